The zero-order chi connectivity index (χ0) is 8.41. The fourth-order valence-electron chi connectivity index (χ4n) is 0.222. The fraction of sp³-hybridized carbons (Fsp3) is 0.375. The summed E-state index contributed by atoms with van der Waals surface area (Å²) in [5.74, 6) is -0.833. The molecule has 10 heavy (non-hydrogen) atoms. The second-order valence-electron chi connectivity index (χ2n) is 1.57. The van der Waals surface area contributed by atoms with Gasteiger partial charge in [0.05, 0.1) is 0 Å². The number of carboxylic acids is 1. The Morgan fingerprint density at radius 3 is 1.50 bits per heavy atom. The maximum Gasteiger partial charge on any atom is 0.300 e. The molecule has 2 heteroatoms. The molecule has 0 aliphatic rings. The summed E-state index contributed by atoms with van der Waals surface area (Å²) in [6.07, 6.45) is 8.00. The maximum atomic E-state index is 9.00. The first-order valence-corrected chi connectivity index (χ1v) is 3.08. The van der Waals surface area contributed by atoms with Gasteiger partial charge in [-0.3, -0.25) is 4.79 Å². The molecule has 0 aliphatic heterocycles. The van der Waals surface area contributed by atoms with Gasteiger partial charge in [0.25, 0.3) is 5.97 Å². The Kier molecular flexibility index (Phi) is 12.7. The molecule has 0 radical (unpaired) electrons. The van der Waals surface area contributed by atoms with Gasteiger partial charge in [0.2, 0.25) is 0 Å². The SMILES string of the molecule is CC(=O)O.CC=C/C=C/C. The van der Waals surface area contributed by atoms with Crippen molar-refractivity contribution < 1.29 is 9.90 Å². The van der Waals surface area contributed by atoms with Crippen LogP contribution in [0.1, 0.15) is 20.8 Å². The lowest BCUT2D eigenvalue weighted by Gasteiger charge is -1.62. The monoisotopic (exact) mass is 142 g/mol. The first-order chi connectivity index (χ1) is 4.65. The Labute approximate surface area is 61.9 Å². The number of carbonyl (C=O) groups is 1. The van der Waals surface area contributed by atoms with Crippen LogP contribution in [0.25, 0.3) is 0 Å². The van der Waals surface area contributed by atoms with Gasteiger partial charge in [-0.1, -0.05) is 24.3 Å². The molecule has 0 spiro atoms. The highest BCUT2D eigenvalue weighted by molar-refractivity contribution is 5.62. The van der Waals surface area contributed by atoms with E-state index in [1.165, 1.54) is 0 Å². The quantitative estimate of drug-likeness (QED) is 0.570. The van der Waals surface area contributed by atoms with Crippen LogP contribution in [0.5, 0.6) is 0 Å². The van der Waals surface area contributed by atoms with E-state index in [1.54, 1.807) is 0 Å². The molecule has 0 aromatic heterocycles. The molecular weight excluding hydrogens is 128 g/mol. The van der Waals surface area contributed by atoms with Crippen molar-refractivity contribution in [3.63, 3.8) is 0 Å². The van der Waals surface area contributed by atoms with Gasteiger partial charge in [-0.05, 0) is 13.8 Å². The van der Waals surface area contributed by atoms with Crippen molar-refractivity contribution in [1.82, 2.24) is 0 Å². The summed E-state index contributed by atoms with van der Waals surface area (Å²) >= 11 is 0. The van der Waals surface area contributed by atoms with Crippen molar-refractivity contribution in [3.8, 4) is 0 Å². The molecule has 0 aromatic carbocycles. The maximum absolute atomic E-state index is 9.00. The molecule has 0 bridgehead atoms. The van der Waals surface area contributed by atoms with E-state index >= 15 is 0 Å². The molecule has 0 saturated carbocycles. The van der Waals surface area contributed by atoms with Gasteiger partial charge in [-0.2, -0.15) is 0 Å². The molecule has 0 heterocycles. The van der Waals surface area contributed by atoms with Crippen LogP contribution in [0.4, 0.5) is 0 Å². The predicted octanol–water partition coefficient (Wildman–Crippen LogP) is 2.23. The standard InChI is InChI=1S/C6H10.C2H4O2/c1-3-5-6-4-2;1-2(3)4/h3-6H,1-2H3;1H3,(H,3,4)/b5-3+,6-4?;. The third-order valence-corrected chi connectivity index (χ3v) is 0.496. The van der Waals surface area contributed by atoms with Gasteiger partial charge in [0.1, 0.15) is 0 Å². The highest BCUT2D eigenvalue weighted by Crippen LogP contribution is 1.71. The third kappa shape index (κ3) is 64.7. The van der Waals surface area contributed by atoms with Crippen LogP contribution in [-0.4, -0.2) is 11.1 Å². The van der Waals surface area contributed by atoms with Crippen LogP contribution in [0, 0.1) is 0 Å². The molecule has 58 valence electrons. The van der Waals surface area contributed by atoms with Crippen molar-refractivity contribution in [3.05, 3.63) is 24.3 Å². The highest BCUT2D eigenvalue weighted by atomic mass is 16.4. The zero-order valence-corrected chi connectivity index (χ0v) is 6.66. The minimum atomic E-state index is -0.833. The normalized spacial score (nSPS) is 9.50. The molecule has 0 rings (SSSR count). The lowest BCUT2D eigenvalue weighted by molar-refractivity contribution is -0.134. The van der Waals surface area contributed by atoms with Gasteiger partial charge < -0.3 is 5.11 Å². The number of aliphatic carboxylic acids is 1. The van der Waals surface area contributed by atoms with E-state index in [0.29, 0.717) is 0 Å². The minimum absolute atomic E-state index is 0.833. The van der Waals surface area contributed by atoms with Crippen molar-refractivity contribution >= 4 is 5.97 Å². The third-order valence-electron chi connectivity index (χ3n) is 0.496. The van der Waals surface area contributed by atoms with Crippen LogP contribution >= 0.6 is 0 Å². The predicted molar refractivity (Wildman–Crippen MR) is 42.9 cm³/mol. The van der Waals surface area contributed by atoms with Crippen LogP contribution in [0.15, 0.2) is 24.3 Å². The van der Waals surface area contributed by atoms with Crippen molar-refractivity contribution in [1.29, 1.82) is 0 Å². The first kappa shape index (κ1) is 11.7. The summed E-state index contributed by atoms with van der Waals surface area (Å²) in [5.41, 5.74) is 0. The molecule has 0 unspecified atom stereocenters. The molecule has 0 fully saturated rings. The zero-order valence-electron chi connectivity index (χ0n) is 6.66. The molecule has 0 aliphatic carbocycles. The Bertz CT molecular complexity index is 109. The molecule has 1 N–H and O–H groups in total. The summed E-state index contributed by atoms with van der Waals surface area (Å²) in [5, 5.41) is 7.42. The molecular formula is C8H14O2. The molecule has 0 aromatic rings. The number of hydrogen-bond acceptors (Lipinski definition) is 1. The Morgan fingerprint density at radius 2 is 1.40 bits per heavy atom. The van der Waals surface area contributed by atoms with Gasteiger partial charge in [0, 0.05) is 6.92 Å². The number of carboxylic acid groups (broad SMARTS) is 1. The summed E-state index contributed by atoms with van der Waals surface area (Å²) in [7, 11) is 0. The van der Waals surface area contributed by atoms with E-state index in [4.69, 9.17) is 9.90 Å². The summed E-state index contributed by atoms with van der Waals surface area (Å²) in [6, 6.07) is 0. The molecule has 2 nitrogen and oxygen atoms in total. The van der Waals surface area contributed by atoms with Gasteiger partial charge in [-0.15, -0.1) is 0 Å². The van der Waals surface area contributed by atoms with E-state index in [2.05, 4.69) is 0 Å². The van der Waals surface area contributed by atoms with Crippen LogP contribution in [0.2, 0.25) is 0 Å². The Hall–Kier alpha value is -1.05. The first-order valence-electron chi connectivity index (χ1n) is 3.08. The fourth-order valence-corrected chi connectivity index (χ4v) is 0.222. The Balaban J connectivity index is 0. The van der Waals surface area contributed by atoms with E-state index in [0.717, 1.165) is 6.92 Å². The largest absolute Gasteiger partial charge is 0.481 e. The summed E-state index contributed by atoms with van der Waals surface area (Å²) in [4.78, 5) is 9.00. The smallest absolute Gasteiger partial charge is 0.300 e. The number of rotatable bonds is 1. The average Bonchev–Trinajstić information content (AvgIpc) is 1.82. The van der Waals surface area contributed by atoms with Crippen LogP contribution < -0.4 is 0 Å². The van der Waals surface area contributed by atoms with E-state index in [-0.39, 0.29) is 0 Å². The van der Waals surface area contributed by atoms with Crippen molar-refractivity contribution in [2.24, 2.45) is 0 Å². The number of hydrogen-bond donors (Lipinski definition) is 1. The molecule has 0 atom stereocenters. The van der Waals surface area contributed by atoms with Crippen LogP contribution in [-0.2, 0) is 4.79 Å². The topological polar surface area (TPSA) is 37.3 Å². The average molecular weight is 142 g/mol. The Morgan fingerprint density at radius 1 is 1.20 bits per heavy atom. The van der Waals surface area contributed by atoms with Gasteiger partial charge >= 0.3 is 0 Å². The lowest BCUT2D eigenvalue weighted by atomic mass is 10.5. The molecule has 0 saturated heterocycles. The van der Waals surface area contributed by atoms with Crippen molar-refractivity contribution in [2.45, 2.75) is 20.8 Å². The second kappa shape index (κ2) is 10.8. The molecule has 0 amide bonds. The van der Waals surface area contributed by atoms with E-state index in [1.807, 2.05) is 38.2 Å². The highest BCUT2D eigenvalue weighted by Gasteiger charge is 1.65. The number of allylic oxidation sites excluding steroid dienone is 4. The van der Waals surface area contributed by atoms with E-state index < -0.39 is 5.97 Å². The van der Waals surface area contributed by atoms with Crippen molar-refractivity contribution in [2.75, 3.05) is 0 Å². The summed E-state index contributed by atoms with van der Waals surface area (Å²) in [6.45, 7) is 5.08. The lowest BCUT2D eigenvalue weighted by Crippen LogP contribution is -1.78. The minimum Gasteiger partial charge on any atom is -0.481 e. The van der Waals surface area contributed by atoms with Crippen LogP contribution in [0.3, 0.4) is 0 Å². The second-order valence-corrected chi connectivity index (χ2v) is 1.57. The van der Waals surface area contributed by atoms with E-state index in [9.17, 15) is 0 Å². The summed E-state index contributed by atoms with van der Waals surface area (Å²) < 4.78 is 0. The van der Waals surface area contributed by atoms with Gasteiger partial charge in [0.15, 0.2) is 0 Å². The van der Waals surface area contributed by atoms with Gasteiger partial charge in [-0.25, -0.2) is 0 Å².